The van der Waals surface area contributed by atoms with E-state index in [1.165, 1.54) is 0 Å². The maximum atomic E-state index is 11.0. The summed E-state index contributed by atoms with van der Waals surface area (Å²) in [6.07, 6.45) is 0.885. The van der Waals surface area contributed by atoms with Crippen molar-refractivity contribution in [2.75, 3.05) is 6.54 Å². The molecular formula is C8H17N3O2. The fourth-order valence-electron chi connectivity index (χ4n) is 0.763. The summed E-state index contributed by atoms with van der Waals surface area (Å²) in [7, 11) is 0. The summed E-state index contributed by atoms with van der Waals surface area (Å²) < 4.78 is 0. The van der Waals surface area contributed by atoms with Crippen LogP contribution in [0.15, 0.2) is 5.16 Å². The van der Waals surface area contributed by atoms with Crippen molar-refractivity contribution in [1.82, 2.24) is 5.32 Å². The average Bonchev–Trinajstić information content (AvgIpc) is 2.03. The van der Waals surface area contributed by atoms with Crippen LogP contribution < -0.4 is 11.1 Å². The van der Waals surface area contributed by atoms with Gasteiger partial charge in [-0.25, -0.2) is 0 Å². The zero-order chi connectivity index (χ0) is 10.3. The summed E-state index contributed by atoms with van der Waals surface area (Å²) in [4.78, 5) is 11.0. The van der Waals surface area contributed by atoms with Crippen molar-refractivity contribution in [2.24, 2.45) is 16.8 Å². The van der Waals surface area contributed by atoms with E-state index in [4.69, 9.17) is 10.9 Å². The molecule has 0 aromatic rings. The number of carbonyl (C=O) groups excluding carboxylic acids is 1. The Labute approximate surface area is 78.0 Å². The van der Waals surface area contributed by atoms with Crippen LogP contribution in [0.4, 0.5) is 0 Å². The second-order valence-corrected chi connectivity index (χ2v) is 3.30. The van der Waals surface area contributed by atoms with E-state index in [1.54, 1.807) is 0 Å². The highest BCUT2D eigenvalue weighted by Gasteiger charge is 2.03. The molecule has 5 nitrogen and oxygen atoms in total. The average molecular weight is 187 g/mol. The molecule has 0 aliphatic rings. The number of rotatable bonds is 5. The van der Waals surface area contributed by atoms with Gasteiger partial charge in [0, 0.05) is 6.54 Å². The first-order valence-electron chi connectivity index (χ1n) is 4.29. The van der Waals surface area contributed by atoms with Gasteiger partial charge in [0.1, 0.15) is 5.84 Å². The molecule has 0 aliphatic heterocycles. The van der Waals surface area contributed by atoms with E-state index in [0.717, 1.165) is 6.42 Å². The smallest absolute Gasteiger partial charge is 0.227 e. The predicted octanol–water partition coefficient (Wildman–Crippen LogP) is 0.285. The Hall–Kier alpha value is -1.26. The van der Waals surface area contributed by atoms with Crippen molar-refractivity contribution < 1.29 is 10.0 Å². The molecule has 0 aromatic carbocycles. The third-order valence-electron chi connectivity index (χ3n) is 1.51. The second-order valence-electron chi connectivity index (χ2n) is 3.30. The first-order chi connectivity index (χ1) is 6.06. The molecule has 0 saturated carbocycles. The SMILES string of the molecule is CC(C)CCNC(=O)C/C(N)=N/O. The lowest BCUT2D eigenvalue weighted by Crippen LogP contribution is -2.29. The van der Waals surface area contributed by atoms with Crippen molar-refractivity contribution in [2.45, 2.75) is 26.7 Å². The van der Waals surface area contributed by atoms with E-state index in [0.29, 0.717) is 12.5 Å². The molecule has 0 saturated heterocycles. The summed E-state index contributed by atoms with van der Waals surface area (Å²) in [5.41, 5.74) is 5.14. The largest absolute Gasteiger partial charge is 0.409 e. The predicted molar refractivity (Wildman–Crippen MR) is 50.5 cm³/mol. The topological polar surface area (TPSA) is 87.7 Å². The second kappa shape index (κ2) is 6.28. The van der Waals surface area contributed by atoms with Crippen LogP contribution >= 0.6 is 0 Å². The molecule has 0 bridgehead atoms. The molecule has 1 amide bonds. The molecule has 0 fully saturated rings. The highest BCUT2D eigenvalue weighted by atomic mass is 16.4. The van der Waals surface area contributed by atoms with Gasteiger partial charge < -0.3 is 16.3 Å². The van der Waals surface area contributed by atoms with Crippen molar-refractivity contribution >= 4 is 11.7 Å². The van der Waals surface area contributed by atoms with Crippen LogP contribution in [0.5, 0.6) is 0 Å². The molecule has 0 unspecified atom stereocenters. The van der Waals surface area contributed by atoms with Crippen LogP contribution in [0.2, 0.25) is 0 Å². The van der Waals surface area contributed by atoms with Gasteiger partial charge in [0.05, 0.1) is 6.42 Å². The van der Waals surface area contributed by atoms with Gasteiger partial charge in [0.25, 0.3) is 0 Å². The normalized spacial score (nSPS) is 11.8. The Balaban J connectivity index is 3.52. The Morgan fingerprint density at radius 1 is 1.62 bits per heavy atom. The number of amidine groups is 1. The highest BCUT2D eigenvalue weighted by Crippen LogP contribution is 1.96. The van der Waals surface area contributed by atoms with Crippen LogP contribution in [0.25, 0.3) is 0 Å². The minimum Gasteiger partial charge on any atom is -0.409 e. The van der Waals surface area contributed by atoms with Gasteiger partial charge in [-0.15, -0.1) is 0 Å². The van der Waals surface area contributed by atoms with Crippen LogP contribution in [0, 0.1) is 5.92 Å². The summed E-state index contributed by atoms with van der Waals surface area (Å²) in [6, 6.07) is 0. The molecule has 0 aromatic heterocycles. The number of nitrogens with zero attached hydrogens (tertiary/aromatic N) is 1. The molecule has 0 rings (SSSR count). The molecule has 76 valence electrons. The van der Waals surface area contributed by atoms with Gasteiger partial charge >= 0.3 is 0 Å². The van der Waals surface area contributed by atoms with Gasteiger partial charge in [0.2, 0.25) is 5.91 Å². The lowest BCUT2D eigenvalue weighted by molar-refractivity contribution is -0.119. The van der Waals surface area contributed by atoms with Crippen molar-refractivity contribution in [3.63, 3.8) is 0 Å². The number of hydrogen-bond donors (Lipinski definition) is 3. The Morgan fingerprint density at radius 2 is 2.23 bits per heavy atom. The summed E-state index contributed by atoms with van der Waals surface area (Å²) in [5, 5.41) is 13.6. The van der Waals surface area contributed by atoms with Gasteiger partial charge in [0.15, 0.2) is 0 Å². The lowest BCUT2D eigenvalue weighted by Gasteiger charge is -2.06. The van der Waals surface area contributed by atoms with Crippen molar-refractivity contribution in [3.05, 3.63) is 0 Å². The standard InChI is InChI=1S/C8H17N3O2/c1-6(2)3-4-10-8(12)5-7(9)11-13/h6,13H,3-5H2,1-2H3,(H2,9,11)(H,10,12). The molecule has 0 atom stereocenters. The van der Waals surface area contributed by atoms with Crippen molar-refractivity contribution in [3.8, 4) is 0 Å². The monoisotopic (exact) mass is 187 g/mol. The van der Waals surface area contributed by atoms with Crippen LogP contribution in [-0.4, -0.2) is 23.5 Å². The van der Waals surface area contributed by atoms with Gasteiger partial charge in [-0.1, -0.05) is 19.0 Å². The first-order valence-corrected chi connectivity index (χ1v) is 4.29. The van der Waals surface area contributed by atoms with Gasteiger partial charge in [-0.2, -0.15) is 0 Å². The van der Waals surface area contributed by atoms with E-state index in [1.807, 2.05) is 0 Å². The Morgan fingerprint density at radius 3 is 2.69 bits per heavy atom. The molecule has 0 radical (unpaired) electrons. The molecule has 0 heterocycles. The number of nitrogens with two attached hydrogens (primary N) is 1. The number of amides is 1. The van der Waals surface area contributed by atoms with E-state index in [2.05, 4.69) is 24.3 Å². The van der Waals surface area contributed by atoms with Crippen LogP contribution in [0.1, 0.15) is 26.7 Å². The van der Waals surface area contributed by atoms with E-state index < -0.39 is 0 Å². The Bertz CT molecular complexity index is 190. The summed E-state index contributed by atoms with van der Waals surface area (Å²) in [6.45, 7) is 4.79. The maximum absolute atomic E-state index is 11.0. The number of hydrogen-bond acceptors (Lipinski definition) is 3. The first kappa shape index (κ1) is 11.7. The number of oxime groups is 1. The molecule has 13 heavy (non-hydrogen) atoms. The van der Waals surface area contributed by atoms with Gasteiger partial charge in [-0.05, 0) is 12.3 Å². The van der Waals surface area contributed by atoms with Gasteiger partial charge in [-0.3, -0.25) is 4.79 Å². The van der Waals surface area contributed by atoms with Crippen LogP contribution in [-0.2, 0) is 4.79 Å². The number of carbonyl (C=O) groups is 1. The van der Waals surface area contributed by atoms with Crippen LogP contribution in [0.3, 0.4) is 0 Å². The molecule has 0 aliphatic carbocycles. The minimum atomic E-state index is -0.212. The summed E-state index contributed by atoms with van der Waals surface area (Å²) in [5.74, 6) is 0.280. The fourth-order valence-corrected chi connectivity index (χ4v) is 0.763. The van der Waals surface area contributed by atoms with E-state index in [-0.39, 0.29) is 18.2 Å². The summed E-state index contributed by atoms with van der Waals surface area (Å²) >= 11 is 0. The molecule has 4 N–H and O–H groups in total. The third-order valence-corrected chi connectivity index (χ3v) is 1.51. The van der Waals surface area contributed by atoms with E-state index >= 15 is 0 Å². The quantitative estimate of drug-likeness (QED) is 0.250. The molecular weight excluding hydrogens is 170 g/mol. The zero-order valence-corrected chi connectivity index (χ0v) is 8.08. The highest BCUT2D eigenvalue weighted by molar-refractivity contribution is 5.98. The Kier molecular flexibility index (Phi) is 5.67. The lowest BCUT2D eigenvalue weighted by atomic mass is 10.1. The maximum Gasteiger partial charge on any atom is 0.227 e. The van der Waals surface area contributed by atoms with E-state index in [9.17, 15) is 4.79 Å². The number of nitrogens with one attached hydrogen (secondary N) is 1. The minimum absolute atomic E-state index is 0.0470. The van der Waals surface area contributed by atoms with Crippen molar-refractivity contribution in [1.29, 1.82) is 0 Å². The third kappa shape index (κ3) is 7.11. The molecule has 0 spiro atoms. The molecule has 5 heteroatoms. The zero-order valence-electron chi connectivity index (χ0n) is 8.08. The fraction of sp³-hybridized carbons (Fsp3) is 0.750.